The third kappa shape index (κ3) is 3.84. The van der Waals surface area contributed by atoms with Gasteiger partial charge in [-0.3, -0.25) is 9.10 Å². The number of carbonyl (C=O) groups is 1. The molecule has 2 N–H and O–H groups in total. The number of rotatable bonds is 4. The Hall–Kier alpha value is -1.31. The maximum Gasteiger partial charge on any atom is 0.238 e. The van der Waals surface area contributed by atoms with Gasteiger partial charge in [0, 0.05) is 12.2 Å². The summed E-state index contributed by atoms with van der Waals surface area (Å²) in [6.45, 7) is 0.760. The summed E-state index contributed by atoms with van der Waals surface area (Å²) in [5.74, 6) is 0.0669. The normalized spacial score (nSPS) is 16.6. The highest BCUT2D eigenvalue weighted by Crippen LogP contribution is 2.25. The van der Waals surface area contributed by atoms with Gasteiger partial charge in [-0.15, -0.1) is 12.4 Å². The van der Waals surface area contributed by atoms with Crippen LogP contribution in [0.3, 0.4) is 0 Å². The molecule has 0 aliphatic carbocycles. The van der Waals surface area contributed by atoms with E-state index in [9.17, 15) is 13.2 Å². The Kier molecular flexibility index (Phi) is 5.79. The summed E-state index contributed by atoms with van der Waals surface area (Å²) >= 11 is 0. The Bertz CT molecular complexity index is 560. The minimum Gasteiger partial charge on any atom is -0.325 e. The van der Waals surface area contributed by atoms with Crippen LogP contribution >= 0.6 is 12.4 Å². The van der Waals surface area contributed by atoms with E-state index in [0.717, 1.165) is 0 Å². The highest BCUT2D eigenvalue weighted by molar-refractivity contribution is 7.93. The third-order valence-corrected chi connectivity index (χ3v) is 4.75. The van der Waals surface area contributed by atoms with Crippen molar-refractivity contribution in [2.45, 2.75) is 6.42 Å². The molecule has 0 bridgehead atoms. The molecule has 0 aromatic heterocycles. The Balaban J connectivity index is 0.00000200. The molecule has 8 heteroatoms. The number of halogens is 1. The summed E-state index contributed by atoms with van der Waals surface area (Å²) in [7, 11) is -1.45. The number of carbonyl (C=O) groups excluding carboxylic acids is 1. The number of benzene rings is 1. The summed E-state index contributed by atoms with van der Waals surface area (Å²) in [5, 5.41) is 5.47. The van der Waals surface area contributed by atoms with Crippen molar-refractivity contribution >= 4 is 39.7 Å². The number of nitrogens with zero attached hydrogens (tertiary/aromatic N) is 1. The molecule has 1 heterocycles. The van der Waals surface area contributed by atoms with Crippen molar-refractivity contribution in [1.82, 2.24) is 5.32 Å². The molecule has 1 aliphatic rings. The lowest BCUT2D eigenvalue weighted by Crippen LogP contribution is -2.26. The molecule has 1 aromatic rings. The van der Waals surface area contributed by atoms with Crippen molar-refractivity contribution in [3.05, 3.63) is 24.3 Å². The van der Waals surface area contributed by atoms with Gasteiger partial charge < -0.3 is 10.6 Å². The fourth-order valence-corrected chi connectivity index (χ4v) is 3.57. The predicted molar refractivity (Wildman–Crippen MR) is 82.0 cm³/mol. The fraction of sp³-hybridized carbons (Fsp3) is 0.417. The first-order valence-corrected chi connectivity index (χ1v) is 7.69. The standard InChI is InChI=1S/C12H17N3O3S.ClH/c1-13-9-12(16)14-10-3-5-11(6-4-10)15-7-2-8-19(15,17)18;/h3-6,13H,2,7-9H2,1H3,(H,14,16);1H. The van der Waals surface area contributed by atoms with E-state index in [4.69, 9.17) is 0 Å². The Morgan fingerprint density at radius 2 is 1.95 bits per heavy atom. The molecule has 1 amide bonds. The molecule has 0 unspecified atom stereocenters. The lowest BCUT2D eigenvalue weighted by Gasteiger charge is -2.17. The van der Waals surface area contributed by atoms with Gasteiger partial charge in [0.05, 0.1) is 18.0 Å². The lowest BCUT2D eigenvalue weighted by atomic mass is 10.2. The van der Waals surface area contributed by atoms with Crippen LogP contribution in [0.2, 0.25) is 0 Å². The van der Waals surface area contributed by atoms with E-state index >= 15 is 0 Å². The molecule has 0 atom stereocenters. The van der Waals surface area contributed by atoms with Gasteiger partial charge in [0.1, 0.15) is 0 Å². The number of amides is 1. The first-order valence-electron chi connectivity index (χ1n) is 6.08. The van der Waals surface area contributed by atoms with Crippen LogP contribution in [0, 0.1) is 0 Å². The Labute approximate surface area is 125 Å². The van der Waals surface area contributed by atoms with Crippen LogP contribution in [0.4, 0.5) is 11.4 Å². The molecule has 1 fully saturated rings. The van der Waals surface area contributed by atoms with Crippen LogP contribution < -0.4 is 14.9 Å². The summed E-state index contributed by atoms with van der Waals surface area (Å²) in [4.78, 5) is 11.4. The molecule has 1 aliphatic heterocycles. The van der Waals surface area contributed by atoms with Gasteiger partial charge in [-0.05, 0) is 37.7 Å². The molecule has 6 nitrogen and oxygen atoms in total. The van der Waals surface area contributed by atoms with Crippen molar-refractivity contribution < 1.29 is 13.2 Å². The first-order chi connectivity index (χ1) is 9.03. The summed E-state index contributed by atoms with van der Waals surface area (Å²) in [6, 6.07) is 6.82. The van der Waals surface area contributed by atoms with Crippen LogP contribution in [-0.4, -0.2) is 40.2 Å². The highest BCUT2D eigenvalue weighted by atomic mass is 35.5. The van der Waals surface area contributed by atoms with Crippen molar-refractivity contribution in [3.8, 4) is 0 Å². The predicted octanol–water partition coefficient (Wildman–Crippen LogP) is 0.806. The Morgan fingerprint density at radius 3 is 2.45 bits per heavy atom. The molecular formula is C12H18ClN3O3S. The monoisotopic (exact) mass is 319 g/mol. The van der Waals surface area contributed by atoms with Gasteiger partial charge in [-0.25, -0.2) is 8.42 Å². The molecule has 112 valence electrons. The van der Waals surface area contributed by atoms with Crippen LogP contribution in [-0.2, 0) is 14.8 Å². The average Bonchev–Trinajstić information content (AvgIpc) is 2.70. The molecule has 2 rings (SSSR count). The Morgan fingerprint density at radius 1 is 1.30 bits per heavy atom. The number of hydrogen-bond acceptors (Lipinski definition) is 4. The summed E-state index contributed by atoms with van der Waals surface area (Å²) in [6.07, 6.45) is 0.656. The SMILES string of the molecule is CNCC(=O)Nc1ccc(N2CCCS2(=O)=O)cc1.Cl. The third-order valence-electron chi connectivity index (χ3n) is 2.88. The molecule has 1 saturated heterocycles. The second-order valence-corrected chi connectivity index (χ2v) is 6.38. The summed E-state index contributed by atoms with van der Waals surface area (Å²) in [5.41, 5.74) is 1.30. The molecule has 1 aromatic carbocycles. The number of likely N-dealkylation sites (N-methyl/N-ethyl adjacent to an activating group) is 1. The van der Waals surface area contributed by atoms with Crippen LogP contribution in [0.5, 0.6) is 0 Å². The van der Waals surface area contributed by atoms with Crippen molar-refractivity contribution in [2.75, 3.05) is 35.5 Å². The van der Waals surface area contributed by atoms with Crippen LogP contribution in [0.25, 0.3) is 0 Å². The van der Waals surface area contributed by atoms with Gasteiger partial charge in [-0.1, -0.05) is 0 Å². The van der Waals surface area contributed by atoms with Gasteiger partial charge >= 0.3 is 0 Å². The van der Waals surface area contributed by atoms with Gasteiger partial charge in [0.15, 0.2) is 0 Å². The first kappa shape index (κ1) is 16.7. The lowest BCUT2D eigenvalue weighted by molar-refractivity contribution is -0.115. The summed E-state index contributed by atoms with van der Waals surface area (Å²) < 4.78 is 24.9. The van der Waals surface area contributed by atoms with Crippen LogP contribution in [0.15, 0.2) is 24.3 Å². The van der Waals surface area contributed by atoms with E-state index in [-0.39, 0.29) is 30.6 Å². The quantitative estimate of drug-likeness (QED) is 0.860. The number of anilines is 2. The minimum absolute atomic E-state index is 0. The van der Waals surface area contributed by atoms with Crippen molar-refractivity contribution in [1.29, 1.82) is 0 Å². The zero-order valence-electron chi connectivity index (χ0n) is 11.1. The van der Waals surface area contributed by atoms with Crippen molar-refractivity contribution in [3.63, 3.8) is 0 Å². The second kappa shape index (κ2) is 6.92. The highest BCUT2D eigenvalue weighted by Gasteiger charge is 2.28. The van der Waals surface area contributed by atoms with E-state index in [1.54, 1.807) is 31.3 Å². The van der Waals surface area contributed by atoms with Crippen LogP contribution in [0.1, 0.15) is 6.42 Å². The van der Waals surface area contributed by atoms with E-state index < -0.39 is 10.0 Å². The van der Waals surface area contributed by atoms with Gasteiger partial charge in [-0.2, -0.15) is 0 Å². The smallest absolute Gasteiger partial charge is 0.238 e. The van der Waals surface area contributed by atoms with E-state index in [2.05, 4.69) is 10.6 Å². The second-order valence-electron chi connectivity index (χ2n) is 4.37. The molecule has 0 spiro atoms. The van der Waals surface area contributed by atoms with E-state index in [0.29, 0.717) is 24.3 Å². The van der Waals surface area contributed by atoms with Gasteiger partial charge in [0.2, 0.25) is 15.9 Å². The number of sulfonamides is 1. The topological polar surface area (TPSA) is 78.5 Å². The maximum absolute atomic E-state index is 11.8. The molecule has 20 heavy (non-hydrogen) atoms. The number of nitrogens with one attached hydrogen (secondary N) is 2. The minimum atomic E-state index is -3.15. The largest absolute Gasteiger partial charge is 0.325 e. The zero-order valence-corrected chi connectivity index (χ0v) is 12.8. The average molecular weight is 320 g/mol. The molecule has 0 saturated carbocycles. The maximum atomic E-state index is 11.8. The zero-order chi connectivity index (χ0) is 13.9. The fourth-order valence-electron chi connectivity index (χ4n) is 2.01. The molecule has 0 radical (unpaired) electrons. The van der Waals surface area contributed by atoms with Crippen molar-refractivity contribution in [2.24, 2.45) is 0 Å². The molecular weight excluding hydrogens is 302 g/mol. The number of hydrogen-bond donors (Lipinski definition) is 2. The van der Waals surface area contributed by atoms with Gasteiger partial charge in [0.25, 0.3) is 0 Å². The van der Waals surface area contributed by atoms with E-state index in [1.165, 1.54) is 4.31 Å². The van der Waals surface area contributed by atoms with E-state index in [1.807, 2.05) is 0 Å².